The minimum Gasteiger partial charge on any atom is -0.456 e. The van der Waals surface area contributed by atoms with Crippen LogP contribution in [0, 0.1) is 0 Å². The van der Waals surface area contributed by atoms with Gasteiger partial charge >= 0.3 is 12.0 Å². The van der Waals surface area contributed by atoms with Gasteiger partial charge in [-0.2, -0.15) is 0 Å². The van der Waals surface area contributed by atoms with Gasteiger partial charge in [0.2, 0.25) is 0 Å². The number of urea groups is 1. The lowest BCUT2D eigenvalue weighted by molar-refractivity contribution is -0.148. The van der Waals surface area contributed by atoms with Gasteiger partial charge < -0.3 is 10.1 Å². The fourth-order valence-electron chi connectivity index (χ4n) is 1.55. The second-order valence-corrected chi connectivity index (χ2v) is 4.45. The molecule has 0 spiro atoms. The van der Waals surface area contributed by atoms with Gasteiger partial charge in [0.05, 0.1) is 0 Å². The second kappa shape index (κ2) is 9.52. The van der Waals surface area contributed by atoms with Crippen LogP contribution < -0.4 is 10.6 Å². The van der Waals surface area contributed by atoms with E-state index in [4.69, 9.17) is 4.74 Å². The highest BCUT2D eigenvalue weighted by Crippen LogP contribution is 2.03. The maximum atomic E-state index is 11.5. The minimum absolute atomic E-state index is 0.194. The zero-order valence-corrected chi connectivity index (χ0v) is 12.1. The number of esters is 1. The number of carbonyl (C=O) groups excluding carboxylic acids is 3. The summed E-state index contributed by atoms with van der Waals surface area (Å²) in [6, 6.07) is 8.93. The van der Waals surface area contributed by atoms with Gasteiger partial charge in [0.1, 0.15) is 0 Å². The van der Waals surface area contributed by atoms with E-state index in [2.05, 4.69) is 10.6 Å². The number of rotatable bonds is 7. The molecule has 6 heteroatoms. The number of nitrogens with one attached hydrogen (secondary N) is 2. The molecule has 0 atom stereocenters. The van der Waals surface area contributed by atoms with Crippen molar-refractivity contribution in [1.82, 2.24) is 10.6 Å². The first kappa shape index (κ1) is 16.7. The van der Waals surface area contributed by atoms with Crippen molar-refractivity contribution in [2.45, 2.75) is 26.2 Å². The number of ether oxygens (including phenoxy) is 1. The van der Waals surface area contributed by atoms with Gasteiger partial charge in [-0.1, -0.05) is 37.3 Å². The second-order valence-electron chi connectivity index (χ2n) is 4.45. The van der Waals surface area contributed by atoms with Gasteiger partial charge in [0.25, 0.3) is 5.91 Å². The van der Waals surface area contributed by atoms with E-state index in [-0.39, 0.29) is 6.42 Å². The number of amides is 3. The van der Waals surface area contributed by atoms with Crippen LogP contribution in [0.15, 0.2) is 30.3 Å². The fraction of sp³-hybridized carbons (Fsp3) is 0.400. The Morgan fingerprint density at radius 1 is 1.14 bits per heavy atom. The molecule has 114 valence electrons. The molecule has 0 aliphatic heterocycles. The fourth-order valence-corrected chi connectivity index (χ4v) is 1.55. The molecule has 0 aromatic heterocycles. The largest absolute Gasteiger partial charge is 0.456 e. The standard InChI is InChI=1S/C15H20N2O4/c1-2-10-16-15(20)17-13(18)11-21-14(19)9-8-12-6-4-3-5-7-12/h3-7H,2,8-11H2,1H3,(H2,16,17,18,20). The summed E-state index contributed by atoms with van der Waals surface area (Å²) >= 11 is 0. The smallest absolute Gasteiger partial charge is 0.321 e. The molecule has 0 fully saturated rings. The molecular formula is C15H20N2O4. The summed E-state index contributed by atoms with van der Waals surface area (Å²) in [7, 11) is 0. The lowest BCUT2D eigenvalue weighted by Crippen LogP contribution is -2.41. The first-order valence-electron chi connectivity index (χ1n) is 6.89. The summed E-state index contributed by atoms with van der Waals surface area (Å²) in [4.78, 5) is 34.0. The van der Waals surface area contributed by atoms with Gasteiger partial charge in [-0.25, -0.2) is 4.79 Å². The highest BCUT2D eigenvalue weighted by Gasteiger charge is 2.10. The maximum Gasteiger partial charge on any atom is 0.321 e. The van der Waals surface area contributed by atoms with E-state index < -0.39 is 24.5 Å². The Kier molecular flexibility index (Phi) is 7.56. The van der Waals surface area contributed by atoms with E-state index in [0.717, 1.165) is 12.0 Å². The van der Waals surface area contributed by atoms with Crippen LogP contribution in [0.4, 0.5) is 4.79 Å². The maximum absolute atomic E-state index is 11.5. The van der Waals surface area contributed by atoms with Crippen LogP contribution >= 0.6 is 0 Å². The van der Waals surface area contributed by atoms with Crippen molar-refractivity contribution in [2.75, 3.05) is 13.2 Å². The first-order valence-corrected chi connectivity index (χ1v) is 6.89. The first-order chi connectivity index (χ1) is 10.1. The van der Waals surface area contributed by atoms with E-state index in [0.29, 0.717) is 13.0 Å². The predicted molar refractivity (Wildman–Crippen MR) is 77.6 cm³/mol. The molecule has 1 aromatic rings. The summed E-state index contributed by atoms with van der Waals surface area (Å²) in [5, 5.41) is 4.56. The summed E-state index contributed by atoms with van der Waals surface area (Å²) in [5.41, 5.74) is 1.03. The third-order valence-corrected chi connectivity index (χ3v) is 2.61. The van der Waals surface area contributed by atoms with E-state index in [1.165, 1.54) is 0 Å². The van der Waals surface area contributed by atoms with Crippen LogP contribution in [0.2, 0.25) is 0 Å². The quantitative estimate of drug-likeness (QED) is 0.744. The van der Waals surface area contributed by atoms with Crippen molar-refractivity contribution >= 4 is 17.9 Å². The van der Waals surface area contributed by atoms with Crippen molar-refractivity contribution in [2.24, 2.45) is 0 Å². The molecule has 0 saturated heterocycles. The lowest BCUT2D eigenvalue weighted by Gasteiger charge is -2.06. The Labute approximate surface area is 123 Å². The monoisotopic (exact) mass is 292 g/mol. The van der Waals surface area contributed by atoms with E-state index in [1.54, 1.807) is 0 Å². The van der Waals surface area contributed by atoms with Crippen LogP contribution in [-0.4, -0.2) is 31.1 Å². The number of benzene rings is 1. The molecule has 3 amide bonds. The Bertz CT molecular complexity index is 474. The molecule has 1 aromatic carbocycles. The normalized spacial score (nSPS) is 9.76. The lowest BCUT2D eigenvalue weighted by atomic mass is 10.1. The van der Waals surface area contributed by atoms with E-state index in [1.807, 2.05) is 37.3 Å². The summed E-state index contributed by atoms with van der Waals surface area (Å²) < 4.78 is 4.80. The van der Waals surface area contributed by atoms with Crippen molar-refractivity contribution in [3.8, 4) is 0 Å². The topological polar surface area (TPSA) is 84.5 Å². The van der Waals surface area contributed by atoms with Crippen molar-refractivity contribution in [1.29, 1.82) is 0 Å². The van der Waals surface area contributed by atoms with Crippen LogP contribution in [0.5, 0.6) is 0 Å². The molecule has 0 heterocycles. The minimum atomic E-state index is -0.642. The van der Waals surface area contributed by atoms with Gasteiger partial charge in [0, 0.05) is 13.0 Å². The molecule has 2 N–H and O–H groups in total. The molecule has 0 saturated carbocycles. The van der Waals surface area contributed by atoms with Gasteiger partial charge in [-0.3, -0.25) is 14.9 Å². The molecule has 0 aliphatic rings. The van der Waals surface area contributed by atoms with Crippen molar-refractivity contribution < 1.29 is 19.1 Å². The van der Waals surface area contributed by atoms with Crippen LogP contribution in [0.1, 0.15) is 25.3 Å². The Balaban J connectivity index is 2.17. The molecule has 0 bridgehead atoms. The Morgan fingerprint density at radius 2 is 1.86 bits per heavy atom. The average Bonchev–Trinajstić information content (AvgIpc) is 2.50. The number of aryl methyl sites for hydroxylation is 1. The van der Waals surface area contributed by atoms with E-state index >= 15 is 0 Å². The third-order valence-electron chi connectivity index (χ3n) is 2.61. The molecule has 0 unspecified atom stereocenters. The third kappa shape index (κ3) is 7.71. The SMILES string of the molecule is CCCNC(=O)NC(=O)COC(=O)CCc1ccccc1. The molecule has 1 rings (SSSR count). The van der Waals surface area contributed by atoms with Gasteiger partial charge in [-0.15, -0.1) is 0 Å². The molecule has 0 radical (unpaired) electrons. The molecule has 6 nitrogen and oxygen atoms in total. The molecular weight excluding hydrogens is 272 g/mol. The van der Waals surface area contributed by atoms with E-state index in [9.17, 15) is 14.4 Å². The highest BCUT2D eigenvalue weighted by atomic mass is 16.5. The zero-order chi connectivity index (χ0) is 15.5. The number of hydrogen-bond acceptors (Lipinski definition) is 4. The summed E-state index contributed by atoms with van der Waals surface area (Å²) in [6.45, 7) is 1.93. The molecule has 0 aliphatic carbocycles. The highest BCUT2D eigenvalue weighted by molar-refractivity contribution is 5.95. The predicted octanol–water partition coefficient (Wildman–Crippen LogP) is 1.40. The Morgan fingerprint density at radius 3 is 2.52 bits per heavy atom. The van der Waals surface area contributed by atoms with Gasteiger partial charge in [-0.05, 0) is 18.4 Å². The van der Waals surface area contributed by atoms with Crippen LogP contribution in [0.3, 0.4) is 0 Å². The zero-order valence-electron chi connectivity index (χ0n) is 12.1. The number of imide groups is 1. The van der Waals surface area contributed by atoms with Crippen molar-refractivity contribution in [3.05, 3.63) is 35.9 Å². The number of carbonyl (C=O) groups is 3. The number of hydrogen-bond donors (Lipinski definition) is 2. The average molecular weight is 292 g/mol. The summed E-state index contributed by atoms with van der Waals surface area (Å²) in [5.74, 6) is -1.11. The molecule has 21 heavy (non-hydrogen) atoms. The Hall–Kier alpha value is -2.37. The van der Waals surface area contributed by atoms with Crippen LogP contribution in [-0.2, 0) is 20.7 Å². The van der Waals surface area contributed by atoms with Crippen LogP contribution in [0.25, 0.3) is 0 Å². The van der Waals surface area contributed by atoms with Gasteiger partial charge in [0.15, 0.2) is 6.61 Å². The summed E-state index contributed by atoms with van der Waals surface area (Å²) in [6.07, 6.45) is 1.52. The van der Waals surface area contributed by atoms with Crippen molar-refractivity contribution in [3.63, 3.8) is 0 Å².